The standard InChI is InChI=1S/C34H30Cl2F2N6O5/c1-3-49-32-17(12-29(39)45)11-27(42-31(32)21-13-22(35)24(38)14-23(21)37)34(47,26-5-4-6-28(36)41-26)16-40-33(46)18-9-19-15-44(20-7-8-20)43-30(19)25(10-18)48-2/h4-6,9-11,13-15,20,47H,3,7-8,12,16H2,1-2H3,(H2,39,45)(H,40,46)/t34-/m1/s1. The topological polar surface area (TPSA) is 154 Å². The second-order valence-corrected chi connectivity index (χ2v) is 12.3. The highest BCUT2D eigenvalue weighted by atomic mass is 35.5. The number of hydrogen-bond donors (Lipinski definition) is 3. The maximum atomic E-state index is 15.3. The molecule has 0 radical (unpaired) electrons. The average molecular weight is 712 g/mol. The second kappa shape index (κ2) is 13.6. The lowest BCUT2D eigenvalue weighted by atomic mass is 9.91. The van der Waals surface area contributed by atoms with Crippen molar-refractivity contribution in [1.29, 1.82) is 0 Å². The van der Waals surface area contributed by atoms with E-state index in [0.717, 1.165) is 18.9 Å². The van der Waals surface area contributed by atoms with E-state index in [2.05, 4.69) is 20.4 Å². The van der Waals surface area contributed by atoms with Crippen LogP contribution >= 0.6 is 23.2 Å². The second-order valence-electron chi connectivity index (χ2n) is 11.5. The molecule has 0 unspecified atom stereocenters. The minimum Gasteiger partial charge on any atom is -0.494 e. The van der Waals surface area contributed by atoms with Crippen molar-refractivity contribution in [1.82, 2.24) is 25.1 Å². The summed E-state index contributed by atoms with van der Waals surface area (Å²) in [7, 11) is 1.48. The molecule has 5 aromatic rings. The van der Waals surface area contributed by atoms with E-state index in [-0.39, 0.29) is 51.3 Å². The van der Waals surface area contributed by atoms with Crippen molar-refractivity contribution >= 4 is 45.9 Å². The molecular weight excluding hydrogens is 681 g/mol. The Morgan fingerprint density at radius 3 is 2.55 bits per heavy atom. The Morgan fingerprint density at radius 2 is 1.88 bits per heavy atom. The van der Waals surface area contributed by atoms with Crippen LogP contribution in [0.25, 0.3) is 22.2 Å². The fraction of sp³-hybridized carbons (Fsp3) is 0.265. The van der Waals surface area contributed by atoms with Gasteiger partial charge in [0, 0.05) is 34.3 Å². The molecule has 0 bridgehead atoms. The number of benzene rings is 2. The van der Waals surface area contributed by atoms with Gasteiger partial charge in [-0.15, -0.1) is 0 Å². The van der Waals surface area contributed by atoms with E-state index >= 15 is 4.39 Å². The highest BCUT2D eigenvalue weighted by Crippen LogP contribution is 2.40. The van der Waals surface area contributed by atoms with Crippen molar-refractivity contribution in [3.63, 3.8) is 0 Å². The molecule has 1 atom stereocenters. The number of carbonyl (C=O) groups excluding carboxylic acids is 2. The van der Waals surface area contributed by atoms with E-state index in [0.29, 0.717) is 28.8 Å². The lowest BCUT2D eigenvalue weighted by molar-refractivity contribution is -0.117. The van der Waals surface area contributed by atoms with Crippen LogP contribution in [0.4, 0.5) is 8.78 Å². The van der Waals surface area contributed by atoms with Crippen LogP contribution in [0, 0.1) is 11.6 Å². The Balaban J connectivity index is 1.47. The zero-order chi connectivity index (χ0) is 35.0. The number of amides is 2. The smallest absolute Gasteiger partial charge is 0.251 e. The van der Waals surface area contributed by atoms with Crippen LogP contribution in [-0.4, -0.2) is 56.9 Å². The van der Waals surface area contributed by atoms with E-state index in [1.54, 1.807) is 13.0 Å². The number of aliphatic hydroxyl groups is 1. The third-order valence-electron chi connectivity index (χ3n) is 8.03. The number of hydrogen-bond acceptors (Lipinski definition) is 8. The van der Waals surface area contributed by atoms with Gasteiger partial charge in [0.25, 0.3) is 5.91 Å². The molecule has 11 nitrogen and oxygen atoms in total. The number of nitrogens with one attached hydrogen (secondary N) is 1. The monoisotopic (exact) mass is 710 g/mol. The molecule has 1 aliphatic carbocycles. The van der Waals surface area contributed by atoms with Gasteiger partial charge in [-0.1, -0.05) is 29.3 Å². The molecule has 1 saturated carbocycles. The number of primary amides is 1. The molecule has 3 aromatic heterocycles. The Kier molecular flexibility index (Phi) is 9.43. The van der Waals surface area contributed by atoms with Gasteiger partial charge in [-0.25, -0.2) is 18.7 Å². The molecule has 0 saturated heterocycles. The number of nitrogens with two attached hydrogens (primary N) is 1. The number of rotatable bonds is 12. The summed E-state index contributed by atoms with van der Waals surface area (Å²) < 4.78 is 42.7. The lowest BCUT2D eigenvalue weighted by Crippen LogP contribution is -2.43. The SMILES string of the molecule is CCOc1c(CC(N)=O)cc([C@@](O)(CNC(=O)c2cc(OC)c3nn(C4CC4)cc3c2)c2cccc(Cl)n2)nc1-c1cc(Cl)c(F)cc1F. The molecule has 0 aliphatic heterocycles. The van der Waals surface area contributed by atoms with Gasteiger partial charge >= 0.3 is 0 Å². The number of halogens is 4. The highest BCUT2D eigenvalue weighted by Gasteiger charge is 2.38. The fourth-order valence-corrected chi connectivity index (χ4v) is 5.83. The van der Waals surface area contributed by atoms with Crippen LogP contribution in [0.1, 0.15) is 53.1 Å². The number of nitrogens with zero attached hydrogens (tertiary/aromatic N) is 4. The minimum absolute atomic E-state index is 0.0185. The Labute approximate surface area is 289 Å². The van der Waals surface area contributed by atoms with Crippen molar-refractivity contribution in [2.75, 3.05) is 20.3 Å². The number of methoxy groups -OCH3 is 1. The van der Waals surface area contributed by atoms with Crippen LogP contribution in [0.5, 0.6) is 11.5 Å². The number of ether oxygens (including phenoxy) is 2. The summed E-state index contributed by atoms with van der Waals surface area (Å²) >= 11 is 12.3. The van der Waals surface area contributed by atoms with E-state index in [1.807, 2.05) is 10.9 Å². The molecular formula is C34H30Cl2F2N6O5. The predicted molar refractivity (Wildman–Crippen MR) is 178 cm³/mol. The number of carbonyl (C=O) groups is 2. The first-order chi connectivity index (χ1) is 23.4. The van der Waals surface area contributed by atoms with Gasteiger partial charge in [0.2, 0.25) is 5.91 Å². The van der Waals surface area contributed by atoms with Crippen LogP contribution in [0.2, 0.25) is 10.2 Å². The van der Waals surface area contributed by atoms with Gasteiger partial charge in [-0.05, 0) is 56.2 Å². The Hall–Kier alpha value is -4.85. The first-order valence-corrected chi connectivity index (χ1v) is 16.0. The summed E-state index contributed by atoms with van der Waals surface area (Å²) in [5.41, 5.74) is 3.58. The molecule has 2 aromatic carbocycles. The average Bonchev–Trinajstić information content (AvgIpc) is 3.83. The third kappa shape index (κ3) is 6.87. The quantitative estimate of drug-likeness (QED) is 0.113. The molecule has 6 rings (SSSR count). The number of pyridine rings is 2. The summed E-state index contributed by atoms with van der Waals surface area (Å²) in [5.74, 6) is -3.04. The molecule has 4 N–H and O–H groups in total. The van der Waals surface area contributed by atoms with Crippen LogP contribution in [0.3, 0.4) is 0 Å². The van der Waals surface area contributed by atoms with Gasteiger partial charge in [-0.2, -0.15) is 5.10 Å². The van der Waals surface area contributed by atoms with E-state index < -0.39 is 47.0 Å². The van der Waals surface area contributed by atoms with Gasteiger partial charge in [-0.3, -0.25) is 14.3 Å². The van der Waals surface area contributed by atoms with Crippen molar-refractivity contribution < 1.29 is 33.0 Å². The first-order valence-electron chi connectivity index (χ1n) is 15.2. The molecule has 0 spiro atoms. The normalized spacial score (nSPS) is 14.0. The summed E-state index contributed by atoms with van der Waals surface area (Å²) in [6, 6.07) is 10.9. The molecule has 15 heteroatoms. The summed E-state index contributed by atoms with van der Waals surface area (Å²) in [6.07, 6.45) is 3.48. The molecule has 3 heterocycles. The Bertz CT molecular complexity index is 2110. The summed E-state index contributed by atoms with van der Waals surface area (Å²) in [5, 5.41) is 20.1. The molecule has 254 valence electrons. The zero-order valence-electron chi connectivity index (χ0n) is 26.3. The van der Waals surface area contributed by atoms with E-state index in [9.17, 15) is 19.1 Å². The van der Waals surface area contributed by atoms with Gasteiger partial charge in [0.05, 0.1) is 49.1 Å². The van der Waals surface area contributed by atoms with Crippen LogP contribution in [0.15, 0.2) is 54.7 Å². The summed E-state index contributed by atoms with van der Waals surface area (Å²) in [6.45, 7) is 1.20. The first kappa shape index (κ1) is 34.0. The maximum Gasteiger partial charge on any atom is 0.251 e. The van der Waals surface area contributed by atoms with E-state index in [4.69, 9.17) is 38.4 Å². The molecule has 1 aliphatic rings. The van der Waals surface area contributed by atoms with Gasteiger partial charge in [0.15, 0.2) is 5.60 Å². The largest absolute Gasteiger partial charge is 0.494 e. The fourth-order valence-electron chi connectivity index (χ4n) is 5.50. The van der Waals surface area contributed by atoms with Crippen molar-refractivity contribution in [3.8, 4) is 22.8 Å². The Morgan fingerprint density at radius 1 is 1.10 bits per heavy atom. The van der Waals surface area contributed by atoms with Crippen LogP contribution in [-0.2, 0) is 16.8 Å². The number of fused-ring (bicyclic) bond motifs is 1. The zero-order valence-corrected chi connectivity index (χ0v) is 27.8. The van der Waals surface area contributed by atoms with Gasteiger partial charge < -0.3 is 25.6 Å². The third-order valence-corrected chi connectivity index (χ3v) is 8.53. The lowest BCUT2D eigenvalue weighted by Gasteiger charge is -2.29. The maximum absolute atomic E-state index is 15.3. The molecule has 2 amide bonds. The minimum atomic E-state index is -2.24. The number of aromatic nitrogens is 4. The molecule has 1 fully saturated rings. The highest BCUT2D eigenvalue weighted by molar-refractivity contribution is 6.31. The summed E-state index contributed by atoms with van der Waals surface area (Å²) in [4.78, 5) is 34.8. The van der Waals surface area contributed by atoms with Crippen molar-refractivity contribution in [2.24, 2.45) is 5.73 Å². The van der Waals surface area contributed by atoms with Crippen molar-refractivity contribution in [3.05, 3.63) is 99.1 Å². The predicted octanol–water partition coefficient (Wildman–Crippen LogP) is 5.51. The van der Waals surface area contributed by atoms with Crippen LogP contribution < -0.4 is 20.5 Å². The van der Waals surface area contributed by atoms with E-state index in [1.165, 1.54) is 37.4 Å². The molecule has 49 heavy (non-hydrogen) atoms. The van der Waals surface area contributed by atoms with Crippen molar-refractivity contribution in [2.45, 2.75) is 37.8 Å². The van der Waals surface area contributed by atoms with Gasteiger partial charge in [0.1, 0.15) is 39.5 Å².